The van der Waals surface area contributed by atoms with E-state index in [2.05, 4.69) is 25.5 Å². The van der Waals surface area contributed by atoms with Gasteiger partial charge in [-0.15, -0.1) is 0 Å². The van der Waals surface area contributed by atoms with Crippen molar-refractivity contribution in [1.82, 2.24) is 20.4 Å². The standard InChI is InChI=1S/C15H13N5O/c21-14-6-5-10(19-20-14)9-3-4-11-13(8-9)18-15(17-11)12-2-1-7-16-12/h1-4,7-8,16H,5-6H2,(H,17,18)(H,20,21). The molecule has 0 unspecified atom stereocenters. The summed E-state index contributed by atoms with van der Waals surface area (Å²) in [5.74, 6) is 0.777. The lowest BCUT2D eigenvalue weighted by molar-refractivity contribution is -0.121. The number of H-pyrrole nitrogens is 2. The molecule has 1 aromatic carbocycles. The van der Waals surface area contributed by atoms with Crippen molar-refractivity contribution in [2.45, 2.75) is 12.8 Å². The van der Waals surface area contributed by atoms with Crippen molar-refractivity contribution >= 4 is 22.7 Å². The number of benzene rings is 1. The number of hydrogen-bond donors (Lipinski definition) is 3. The smallest absolute Gasteiger partial charge is 0.240 e. The third-order valence-corrected chi connectivity index (χ3v) is 3.57. The van der Waals surface area contributed by atoms with Gasteiger partial charge in [0.2, 0.25) is 5.91 Å². The Kier molecular flexibility index (Phi) is 2.60. The van der Waals surface area contributed by atoms with Crippen LogP contribution in [0.15, 0.2) is 41.6 Å². The van der Waals surface area contributed by atoms with E-state index < -0.39 is 0 Å². The Morgan fingerprint density at radius 3 is 2.86 bits per heavy atom. The predicted octanol–water partition coefficient (Wildman–Crippen LogP) is 2.17. The molecule has 0 aliphatic carbocycles. The summed E-state index contributed by atoms with van der Waals surface area (Å²) in [6.45, 7) is 0. The first-order valence-corrected chi connectivity index (χ1v) is 6.79. The molecule has 0 spiro atoms. The number of imidazole rings is 1. The normalized spacial score (nSPS) is 15.0. The molecule has 21 heavy (non-hydrogen) atoms. The van der Waals surface area contributed by atoms with E-state index >= 15 is 0 Å². The number of amides is 1. The average molecular weight is 279 g/mol. The van der Waals surface area contributed by atoms with Crippen LogP contribution < -0.4 is 5.43 Å². The first-order chi connectivity index (χ1) is 10.3. The van der Waals surface area contributed by atoms with Crippen molar-refractivity contribution in [3.05, 3.63) is 42.1 Å². The Labute approximate surface area is 120 Å². The second-order valence-corrected chi connectivity index (χ2v) is 4.99. The summed E-state index contributed by atoms with van der Waals surface area (Å²) in [6.07, 6.45) is 3.00. The van der Waals surface area contributed by atoms with Crippen LogP contribution in [-0.4, -0.2) is 26.6 Å². The molecule has 0 saturated carbocycles. The van der Waals surface area contributed by atoms with Crippen molar-refractivity contribution in [1.29, 1.82) is 0 Å². The molecule has 0 fully saturated rings. The lowest BCUT2D eigenvalue weighted by Gasteiger charge is -2.11. The third-order valence-electron chi connectivity index (χ3n) is 3.57. The van der Waals surface area contributed by atoms with Gasteiger partial charge >= 0.3 is 0 Å². The molecule has 2 aromatic heterocycles. The number of aromatic amines is 2. The SMILES string of the molecule is O=C1CCC(c2ccc3[nH]c(-c4ccc[nH]4)nc3c2)=NN1. The Balaban J connectivity index is 1.75. The lowest BCUT2D eigenvalue weighted by atomic mass is 10.0. The van der Waals surface area contributed by atoms with Gasteiger partial charge in [0.1, 0.15) is 0 Å². The van der Waals surface area contributed by atoms with Crippen LogP contribution in [-0.2, 0) is 4.79 Å². The van der Waals surface area contributed by atoms with E-state index in [1.165, 1.54) is 0 Å². The van der Waals surface area contributed by atoms with Crippen LogP contribution in [0.25, 0.3) is 22.6 Å². The second kappa shape index (κ2) is 4.59. The maximum atomic E-state index is 11.1. The number of hydrogen-bond acceptors (Lipinski definition) is 3. The summed E-state index contributed by atoms with van der Waals surface area (Å²) in [4.78, 5) is 22.2. The molecule has 0 saturated heterocycles. The fourth-order valence-electron chi connectivity index (χ4n) is 2.47. The van der Waals surface area contributed by atoms with E-state index in [4.69, 9.17) is 0 Å². The molecule has 1 aliphatic rings. The Morgan fingerprint density at radius 1 is 1.14 bits per heavy atom. The number of aromatic nitrogens is 3. The Hall–Kier alpha value is -2.89. The second-order valence-electron chi connectivity index (χ2n) is 4.99. The van der Waals surface area contributed by atoms with Crippen LogP contribution in [0.5, 0.6) is 0 Å². The summed E-state index contributed by atoms with van der Waals surface area (Å²) in [5.41, 5.74) is 7.22. The zero-order valence-corrected chi connectivity index (χ0v) is 11.2. The predicted molar refractivity (Wildman–Crippen MR) is 79.8 cm³/mol. The molecule has 3 N–H and O–H groups in total. The topological polar surface area (TPSA) is 85.9 Å². The Bertz CT molecular complexity index is 844. The molecule has 3 aromatic rings. The van der Waals surface area contributed by atoms with Gasteiger partial charge in [0.05, 0.1) is 22.4 Å². The largest absolute Gasteiger partial charge is 0.359 e. The number of carbonyl (C=O) groups is 1. The lowest BCUT2D eigenvalue weighted by Crippen LogP contribution is -2.25. The van der Waals surface area contributed by atoms with Crippen LogP contribution >= 0.6 is 0 Å². The van der Waals surface area contributed by atoms with Gasteiger partial charge in [0, 0.05) is 24.6 Å². The summed E-state index contributed by atoms with van der Waals surface area (Å²) < 4.78 is 0. The first kappa shape index (κ1) is 11.9. The summed E-state index contributed by atoms with van der Waals surface area (Å²) in [5, 5.41) is 4.12. The van der Waals surface area contributed by atoms with Crippen molar-refractivity contribution < 1.29 is 4.79 Å². The van der Waals surface area contributed by atoms with Crippen LogP contribution in [0, 0.1) is 0 Å². The number of nitrogens with zero attached hydrogens (tertiary/aromatic N) is 2. The van der Waals surface area contributed by atoms with Crippen molar-refractivity contribution in [3.63, 3.8) is 0 Å². The summed E-state index contributed by atoms with van der Waals surface area (Å²) in [6, 6.07) is 9.89. The number of rotatable bonds is 2. The van der Waals surface area contributed by atoms with E-state index in [-0.39, 0.29) is 5.91 Å². The van der Waals surface area contributed by atoms with Crippen molar-refractivity contribution in [3.8, 4) is 11.5 Å². The van der Waals surface area contributed by atoms with Gasteiger partial charge in [-0.1, -0.05) is 6.07 Å². The van der Waals surface area contributed by atoms with Gasteiger partial charge in [-0.25, -0.2) is 10.4 Å². The molecule has 4 rings (SSSR count). The number of nitrogens with one attached hydrogen (secondary N) is 3. The molecular formula is C15H13N5O. The van der Waals surface area contributed by atoms with Gasteiger partial charge < -0.3 is 9.97 Å². The van der Waals surface area contributed by atoms with Crippen LogP contribution in [0.2, 0.25) is 0 Å². The molecule has 0 atom stereocenters. The maximum absolute atomic E-state index is 11.1. The number of hydrazone groups is 1. The van der Waals surface area contributed by atoms with Gasteiger partial charge in [0.25, 0.3) is 0 Å². The molecule has 6 heteroatoms. The highest BCUT2D eigenvalue weighted by molar-refractivity contribution is 6.05. The van der Waals surface area contributed by atoms with Gasteiger partial charge in [-0.3, -0.25) is 4.79 Å². The zero-order chi connectivity index (χ0) is 14.2. The van der Waals surface area contributed by atoms with Gasteiger partial charge in [0.15, 0.2) is 5.82 Å². The maximum Gasteiger partial charge on any atom is 0.240 e. The average Bonchev–Trinajstić information content (AvgIpc) is 3.16. The van der Waals surface area contributed by atoms with E-state index in [0.717, 1.165) is 33.8 Å². The molecule has 1 amide bonds. The molecule has 0 bridgehead atoms. The number of fused-ring (bicyclic) bond motifs is 1. The summed E-state index contributed by atoms with van der Waals surface area (Å²) >= 11 is 0. The molecular weight excluding hydrogens is 266 g/mol. The van der Waals surface area contributed by atoms with E-state index in [1.54, 1.807) is 0 Å². The molecule has 0 radical (unpaired) electrons. The van der Waals surface area contributed by atoms with Crippen molar-refractivity contribution in [2.24, 2.45) is 5.10 Å². The summed E-state index contributed by atoms with van der Waals surface area (Å²) in [7, 11) is 0. The Morgan fingerprint density at radius 2 is 2.10 bits per heavy atom. The quantitative estimate of drug-likeness (QED) is 0.671. The molecule has 104 valence electrons. The monoisotopic (exact) mass is 279 g/mol. The van der Waals surface area contributed by atoms with E-state index in [0.29, 0.717) is 12.8 Å². The van der Waals surface area contributed by atoms with Crippen LogP contribution in [0.3, 0.4) is 0 Å². The fourth-order valence-corrected chi connectivity index (χ4v) is 2.47. The highest BCUT2D eigenvalue weighted by atomic mass is 16.2. The van der Waals surface area contributed by atoms with E-state index in [1.807, 2.05) is 36.5 Å². The van der Waals surface area contributed by atoms with Crippen LogP contribution in [0.4, 0.5) is 0 Å². The fraction of sp³-hybridized carbons (Fsp3) is 0.133. The minimum absolute atomic E-state index is 0.0337. The molecule has 6 nitrogen and oxygen atoms in total. The molecule has 1 aliphatic heterocycles. The van der Waals surface area contributed by atoms with Crippen LogP contribution in [0.1, 0.15) is 18.4 Å². The minimum Gasteiger partial charge on any atom is -0.359 e. The van der Waals surface area contributed by atoms with E-state index in [9.17, 15) is 4.79 Å². The van der Waals surface area contributed by atoms with Gasteiger partial charge in [-0.05, 0) is 24.3 Å². The first-order valence-electron chi connectivity index (χ1n) is 6.79. The molecule has 3 heterocycles. The van der Waals surface area contributed by atoms with Crippen molar-refractivity contribution in [2.75, 3.05) is 0 Å². The zero-order valence-electron chi connectivity index (χ0n) is 11.2. The number of carbonyl (C=O) groups excluding carboxylic acids is 1. The van der Waals surface area contributed by atoms with Gasteiger partial charge in [-0.2, -0.15) is 5.10 Å². The highest BCUT2D eigenvalue weighted by Crippen LogP contribution is 2.21. The third kappa shape index (κ3) is 2.10. The minimum atomic E-state index is -0.0337. The highest BCUT2D eigenvalue weighted by Gasteiger charge is 2.14.